The van der Waals surface area contributed by atoms with Crippen molar-refractivity contribution < 1.29 is 14.6 Å². The second-order valence-corrected chi connectivity index (χ2v) is 4.20. The Morgan fingerprint density at radius 1 is 1.62 bits per heavy atom. The molecule has 0 aromatic heterocycles. The Morgan fingerprint density at radius 2 is 2.31 bits per heavy atom. The molecular formula is C10H18O3. The van der Waals surface area contributed by atoms with E-state index in [1.165, 1.54) is 0 Å². The van der Waals surface area contributed by atoms with Gasteiger partial charge < -0.3 is 9.84 Å². The van der Waals surface area contributed by atoms with E-state index in [2.05, 4.69) is 13.8 Å². The van der Waals surface area contributed by atoms with Crippen molar-refractivity contribution in [1.29, 1.82) is 0 Å². The van der Waals surface area contributed by atoms with Crippen molar-refractivity contribution in [3.63, 3.8) is 0 Å². The molecule has 0 amide bonds. The van der Waals surface area contributed by atoms with Gasteiger partial charge in [-0.3, -0.25) is 4.79 Å². The van der Waals surface area contributed by atoms with Gasteiger partial charge in [0, 0.05) is 6.61 Å². The van der Waals surface area contributed by atoms with E-state index < -0.39 is 5.97 Å². The number of carboxylic acids is 1. The predicted octanol–water partition coefficient (Wildman–Crippen LogP) is 1.77. The van der Waals surface area contributed by atoms with Crippen molar-refractivity contribution in [2.45, 2.75) is 26.7 Å². The Labute approximate surface area is 79.1 Å². The highest BCUT2D eigenvalue weighted by Crippen LogP contribution is 2.27. The van der Waals surface area contributed by atoms with Crippen LogP contribution in [-0.4, -0.2) is 24.3 Å². The van der Waals surface area contributed by atoms with Gasteiger partial charge in [-0.25, -0.2) is 0 Å². The van der Waals surface area contributed by atoms with Crippen LogP contribution in [0, 0.1) is 17.8 Å². The molecule has 0 aromatic rings. The monoisotopic (exact) mass is 186 g/mol. The van der Waals surface area contributed by atoms with Crippen molar-refractivity contribution >= 4 is 5.97 Å². The average molecular weight is 186 g/mol. The molecule has 1 N–H and O–H groups in total. The molecule has 2 unspecified atom stereocenters. The summed E-state index contributed by atoms with van der Waals surface area (Å²) in [7, 11) is 0. The highest BCUT2D eigenvalue weighted by atomic mass is 16.5. The van der Waals surface area contributed by atoms with Gasteiger partial charge in [0.25, 0.3) is 0 Å². The molecule has 0 spiro atoms. The van der Waals surface area contributed by atoms with E-state index in [9.17, 15) is 4.79 Å². The van der Waals surface area contributed by atoms with Crippen LogP contribution < -0.4 is 0 Å². The van der Waals surface area contributed by atoms with E-state index in [0.29, 0.717) is 25.6 Å². The van der Waals surface area contributed by atoms with Crippen molar-refractivity contribution in [2.75, 3.05) is 13.2 Å². The number of carboxylic acid groups (broad SMARTS) is 1. The number of hydrogen-bond acceptors (Lipinski definition) is 2. The fraction of sp³-hybridized carbons (Fsp3) is 0.900. The highest BCUT2D eigenvalue weighted by Gasteiger charge is 2.31. The van der Waals surface area contributed by atoms with Crippen molar-refractivity contribution in [3.05, 3.63) is 0 Å². The maximum atomic E-state index is 10.9. The normalized spacial score (nSPS) is 29.2. The Kier molecular flexibility index (Phi) is 3.72. The van der Waals surface area contributed by atoms with Gasteiger partial charge in [0.05, 0.1) is 12.5 Å². The van der Waals surface area contributed by atoms with Crippen LogP contribution in [0.4, 0.5) is 0 Å². The van der Waals surface area contributed by atoms with Crippen LogP contribution in [0.2, 0.25) is 0 Å². The number of carbonyl (C=O) groups is 1. The molecule has 1 saturated heterocycles. The van der Waals surface area contributed by atoms with E-state index in [-0.39, 0.29) is 11.8 Å². The maximum absolute atomic E-state index is 10.9. The molecule has 1 fully saturated rings. The number of rotatable bonds is 3. The summed E-state index contributed by atoms with van der Waals surface area (Å²) < 4.78 is 5.30. The highest BCUT2D eigenvalue weighted by molar-refractivity contribution is 5.70. The van der Waals surface area contributed by atoms with Crippen LogP contribution in [0.15, 0.2) is 0 Å². The lowest BCUT2D eigenvalue weighted by molar-refractivity contribution is -0.148. The van der Waals surface area contributed by atoms with Gasteiger partial charge in [0.1, 0.15) is 0 Å². The molecule has 76 valence electrons. The lowest BCUT2D eigenvalue weighted by Crippen LogP contribution is -2.33. The van der Waals surface area contributed by atoms with Crippen LogP contribution in [0.25, 0.3) is 0 Å². The maximum Gasteiger partial charge on any atom is 0.306 e. The summed E-state index contributed by atoms with van der Waals surface area (Å²) in [5.74, 6) is -0.0788. The minimum Gasteiger partial charge on any atom is -0.481 e. The fourth-order valence-electron chi connectivity index (χ4n) is 1.96. The summed E-state index contributed by atoms with van der Waals surface area (Å²) in [4.78, 5) is 10.9. The van der Waals surface area contributed by atoms with Crippen molar-refractivity contribution in [2.24, 2.45) is 17.8 Å². The Morgan fingerprint density at radius 3 is 2.85 bits per heavy atom. The first-order valence-corrected chi connectivity index (χ1v) is 4.91. The Bertz CT molecular complexity index is 177. The molecular weight excluding hydrogens is 168 g/mol. The summed E-state index contributed by atoms with van der Waals surface area (Å²) in [5.41, 5.74) is 0. The molecule has 0 bridgehead atoms. The van der Waals surface area contributed by atoms with E-state index >= 15 is 0 Å². The SMILES string of the molecule is CC(C)CC1COCCC1C(=O)O. The molecule has 0 radical (unpaired) electrons. The Balaban J connectivity index is 2.51. The topological polar surface area (TPSA) is 46.5 Å². The molecule has 3 heteroatoms. The first-order chi connectivity index (χ1) is 6.11. The van der Waals surface area contributed by atoms with E-state index in [1.807, 2.05) is 0 Å². The summed E-state index contributed by atoms with van der Waals surface area (Å²) in [6.45, 7) is 5.46. The van der Waals surface area contributed by atoms with Crippen LogP contribution >= 0.6 is 0 Å². The first-order valence-electron chi connectivity index (χ1n) is 4.91. The molecule has 13 heavy (non-hydrogen) atoms. The van der Waals surface area contributed by atoms with Crippen LogP contribution in [0.1, 0.15) is 26.7 Å². The zero-order valence-electron chi connectivity index (χ0n) is 8.32. The molecule has 1 aliphatic rings. The van der Waals surface area contributed by atoms with Gasteiger partial charge in [0.2, 0.25) is 0 Å². The standard InChI is InChI=1S/C10H18O3/c1-7(2)5-8-6-13-4-3-9(8)10(11)12/h7-9H,3-6H2,1-2H3,(H,11,12). The lowest BCUT2D eigenvalue weighted by atomic mass is 9.83. The van der Waals surface area contributed by atoms with Crippen LogP contribution in [0.3, 0.4) is 0 Å². The number of ether oxygens (including phenoxy) is 1. The quantitative estimate of drug-likeness (QED) is 0.730. The zero-order valence-corrected chi connectivity index (χ0v) is 8.32. The molecule has 1 aliphatic heterocycles. The molecule has 3 nitrogen and oxygen atoms in total. The van der Waals surface area contributed by atoms with Crippen LogP contribution in [-0.2, 0) is 9.53 Å². The van der Waals surface area contributed by atoms with E-state index in [4.69, 9.17) is 9.84 Å². The average Bonchev–Trinajstić information content (AvgIpc) is 2.03. The molecule has 0 aromatic carbocycles. The molecule has 1 rings (SSSR count). The fourth-order valence-corrected chi connectivity index (χ4v) is 1.96. The second-order valence-electron chi connectivity index (χ2n) is 4.20. The third-order valence-corrected chi connectivity index (χ3v) is 2.57. The summed E-state index contributed by atoms with van der Waals surface area (Å²) >= 11 is 0. The molecule has 2 atom stereocenters. The predicted molar refractivity (Wildman–Crippen MR) is 49.5 cm³/mol. The summed E-state index contributed by atoms with van der Waals surface area (Å²) in [5, 5.41) is 8.97. The van der Waals surface area contributed by atoms with E-state index in [0.717, 1.165) is 6.42 Å². The third kappa shape index (κ3) is 2.99. The smallest absolute Gasteiger partial charge is 0.306 e. The summed E-state index contributed by atoms with van der Waals surface area (Å²) in [6.07, 6.45) is 1.63. The minimum absolute atomic E-state index is 0.184. The Hall–Kier alpha value is -0.570. The van der Waals surface area contributed by atoms with Crippen LogP contribution in [0.5, 0.6) is 0 Å². The largest absolute Gasteiger partial charge is 0.481 e. The lowest BCUT2D eigenvalue weighted by Gasteiger charge is -2.29. The van der Waals surface area contributed by atoms with E-state index in [1.54, 1.807) is 0 Å². The van der Waals surface area contributed by atoms with Gasteiger partial charge in [-0.15, -0.1) is 0 Å². The van der Waals surface area contributed by atoms with Gasteiger partial charge in [-0.1, -0.05) is 13.8 Å². The molecule has 0 saturated carbocycles. The molecule has 0 aliphatic carbocycles. The van der Waals surface area contributed by atoms with Crippen molar-refractivity contribution in [3.8, 4) is 0 Å². The van der Waals surface area contributed by atoms with Crippen molar-refractivity contribution in [1.82, 2.24) is 0 Å². The minimum atomic E-state index is -0.658. The zero-order chi connectivity index (χ0) is 9.84. The second kappa shape index (κ2) is 4.61. The first kappa shape index (κ1) is 10.5. The van der Waals surface area contributed by atoms with Gasteiger partial charge in [-0.2, -0.15) is 0 Å². The van der Waals surface area contributed by atoms with Gasteiger partial charge in [0.15, 0.2) is 0 Å². The van der Waals surface area contributed by atoms with Gasteiger partial charge in [-0.05, 0) is 24.7 Å². The number of hydrogen-bond donors (Lipinski definition) is 1. The summed E-state index contributed by atoms with van der Waals surface area (Å²) in [6, 6.07) is 0. The number of aliphatic carboxylic acids is 1. The molecule has 1 heterocycles. The third-order valence-electron chi connectivity index (χ3n) is 2.57. The van der Waals surface area contributed by atoms with Gasteiger partial charge >= 0.3 is 5.97 Å².